The van der Waals surface area contributed by atoms with Gasteiger partial charge in [0.25, 0.3) is 0 Å². The molecule has 2 aliphatic heterocycles. The maximum atomic E-state index is 15.1. The first-order valence-corrected chi connectivity index (χ1v) is 7.11. The van der Waals surface area contributed by atoms with Crippen molar-refractivity contribution in [1.29, 1.82) is 0 Å². The van der Waals surface area contributed by atoms with Gasteiger partial charge in [-0.3, -0.25) is 0 Å². The molecule has 3 fully saturated rings. The Morgan fingerprint density at radius 1 is 0.938 bits per heavy atom. The zero-order valence-corrected chi connectivity index (χ0v) is 10.3. The molecule has 3 aliphatic rings. The first kappa shape index (κ1) is 11.0. The minimum Gasteiger partial charge on any atom is -0.311 e. The fraction of sp³-hybridized carbons (Fsp3) is 1.00. The minimum absolute atomic E-state index is 0.369. The molecule has 1 nitrogen and oxygen atoms in total. The summed E-state index contributed by atoms with van der Waals surface area (Å²) < 4.78 is 15.1. The molecule has 16 heavy (non-hydrogen) atoms. The Morgan fingerprint density at radius 3 is 2.06 bits per heavy atom. The Kier molecular flexibility index (Phi) is 2.73. The van der Waals surface area contributed by atoms with E-state index in [-0.39, 0.29) is 0 Å². The summed E-state index contributed by atoms with van der Waals surface area (Å²) in [6.45, 7) is 2.31. The molecule has 0 aromatic carbocycles. The maximum Gasteiger partial charge on any atom is 0.116 e. The summed E-state index contributed by atoms with van der Waals surface area (Å²) >= 11 is 0. The molecule has 0 radical (unpaired) electrons. The summed E-state index contributed by atoms with van der Waals surface area (Å²) in [5.41, 5.74) is -0.822. The molecule has 2 saturated heterocycles. The second kappa shape index (κ2) is 3.97. The second-order valence-corrected chi connectivity index (χ2v) is 6.54. The van der Waals surface area contributed by atoms with Crippen molar-refractivity contribution < 1.29 is 4.39 Å². The van der Waals surface area contributed by atoms with Gasteiger partial charge >= 0.3 is 0 Å². The zero-order valence-electron chi connectivity index (χ0n) is 10.3. The summed E-state index contributed by atoms with van der Waals surface area (Å²) in [4.78, 5) is 0. The van der Waals surface area contributed by atoms with E-state index in [2.05, 4.69) is 12.2 Å². The molecule has 2 heteroatoms. The van der Waals surface area contributed by atoms with Crippen molar-refractivity contribution in [3.05, 3.63) is 0 Å². The third-order valence-corrected chi connectivity index (χ3v) is 5.25. The van der Waals surface area contributed by atoms with Gasteiger partial charge in [0.1, 0.15) is 5.67 Å². The Labute approximate surface area is 98.2 Å². The monoisotopic (exact) mass is 225 g/mol. The molecule has 2 bridgehead atoms. The third kappa shape index (κ3) is 1.90. The largest absolute Gasteiger partial charge is 0.311 e. The Bertz CT molecular complexity index is 245. The topological polar surface area (TPSA) is 12.0 Å². The van der Waals surface area contributed by atoms with Gasteiger partial charge < -0.3 is 5.32 Å². The lowest BCUT2D eigenvalue weighted by molar-refractivity contribution is 0.00274. The predicted octanol–water partition coefficient (Wildman–Crippen LogP) is 3.44. The van der Waals surface area contributed by atoms with Crippen molar-refractivity contribution >= 4 is 0 Å². The van der Waals surface area contributed by atoms with Crippen LogP contribution in [0.3, 0.4) is 0 Å². The van der Waals surface area contributed by atoms with Gasteiger partial charge in [-0.25, -0.2) is 4.39 Å². The van der Waals surface area contributed by atoms with Crippen molar-refractivity contribution in [2.24, 2.45) is 11.8 Å². The average Bonchev–Trinajstić information content (AvgIpc) is 2.59. The van der Waals surface area contributed by atoms with E-state index >= 15 is 4.39 Å². The highest BCUT2D eigenvalue weighted by atomic mass is 19.1. The van der Waals surface area contributed by atoms with Crippen LogP contribution in [-0.4, -0.2) is 17.8 Å². The SMILES string of the molecule is CC1CCC(C2(F)CC3CCC(C2)N3)CC1. The number of halogens is 1. The lowest BCUT2D eigenvalue weighted by Gasteiger charge is -2.43. The predicted molar refractivity (Wildman–Crippen MR) is 64.1 cm³/mol. The van der Waals surface area contributed by atoms with E-state index in [1.165, 1.54) is 25.7 Å². The van der Waals surface area contributed by atoms with E-state index < -0.39 is 5.67 Å². The number of nitrogens with one attached hydrogen (secondary N) is 1. The number of fused-ring (bicyclic) bond motifs is 2. The molecule has 1 saturated carbocycles. The van der Waals surface area contributed by atoms with Gasteiger partial charge in [-0.05, 0) is 50.4 Å². The Morgan fingerprint density at radius 2 is 1.50 bits per heavy atom. The molecule has 0 amide bonds. The highest BCUT2D eigenvalue weighted by molar-refractivity contribution is 5.03. The number of piperidine rings is 1. The van der Waals surface area contributed by atoms with Crippen LogP contribution in [0.15, 0.2) is 0 Å². The number of alkyl halides is 1. The van der Waals surface area contributed by atoms with E-state index in [1.54, 1.807) is 0 Å². The van der Waals surface area contributed by atoms with Gasteiger partial charge in [-0.1, -0.05) is 19.8 Å². The number of hydrogen-bond acceptors (Lipinski definition) is 1. The molecular formula is C14H24FN. The van der Waals surface area contributed by atoms with Crippen molar-refractivity contribution in [2.75, 3.05) is 0 Å². The molecule has 0 aromatic heterocycles. The molecular weight excluding hydrogens is 201 g/mol. The van der Waals surface area contributed by atoms with Crippen LogP contribution in [0.5, 0.6) is 0 Å². The third-order valence-electron chi connectivity index (χ3n) is 5.25. The molecule has 0 spiro atoms. The molecule has 1 aliphatic carbocycles. The van der Waals surface area contributed by atoms with E-state index in [1.807, 2.05) is 0 Å². The van der Waals surface area contributed by atoms with Crippen LogP contribution in [0.2, 0.25) is 0 Å². The van der Waals surface area contributed by atoms with Crippen LogP contribution < -0.4 is 5.32 Å². The van der Waals surface area contributed by atoms with Crippen LogP contribution >= 0.6 is 0 Å². The zero-order chi connectivity index (χ0) is 11.2. The summed E-state index contributed by atoms with van der Waals surface area (Å²) in [6.07, 6.45) is 8.77. The van der Waals surface area contributed by atoms with Crippen LogP contribution in [0.1, 0.15) is 58.3 Å². The first-order chi connectivity index (χ1) is 7.66. The van der Waals surface area contributed by atoms with E-state index in [4.69, 9.17) is 0 Å². The van der Waals surface area contributed by atoms with Gasteiger partial charge in [0.15, 0.2) is 0 Å². The van der Waals surface area contributed by atoms with Gasteiger partial charge in [-0.2, -0.15) is 0 Å². The van der Waals surface area contributed by atoms with E-state index in [0.29, 0.717) is 18.0 Å². The normalized spacial score (nSPS) is 52.9. The molecule has 1 N–H and O–H groups in total. The van der Waals surface area contributed by atoms with Crippen molar-refractivity contribution in [3.63, 3.8) is 0 Å². The van der Waals surface area contributed by atoms with Crippen molar-refractivity contribution in [3.8, 4) is 0 Å². The molecule has 2 atom stereocenters. The number of rotatable bonds is 1. The Balaban J connectivity index is 1.68. The van der Waals surface area contributed by atoms with E-state index in [9.17, 15) is 0 Å². The average molecular weight is 225 g/mol. The summed E-state index contributed by atoms with van der Waals surface area (Å²) in [5.74, 6) is 1.20. The fourth-order valence-electron chi connectivity index (χ4n) is 4.24. The summed E-state index contributed by atoms with van der Waals surface area (Å²) in [5, 5.41) is 3.55. The second-order valence-electron chi connectivity index (χ2n) is 6.54. The fourth-order valence-corrected chi connectivity index (χ4v) is 4.24. The van der Waals surface area contributed by atoms with Crippen LogP contribution in [0.4, 0.5) is 4.39 Å². The van der Waals surface area contributed by atoms with Gasteiger partial charge in [0, 0.05) is 12.1 Å². The first-order valence-electron chi connectivity index (χ1n) is 7.11. The molecule has 2 unspecified atom stereocenters. The summed E-state index contributed by atoms with van der Waals surface area (Å²) in [6, 6.07) is 0.978. The van der Waals surface area contributed by atoms with Gasteiger partial charge in [0.05, 0.1) is 0 Å². The maximum absolute atomic E-state index is 15.1. The van der Waals surface area contributed by atoms with E-state index in [0.717, 1.165) is 31.6 Å². The smallest absolute Gasteiger partial charge is 0.116 e. The molecule has 2 heterocycles. The molecule has 0 aromatic rings. The molecule has 3 rings (SSSR count). The minimum atomic E-state index is -0.822. The van der Waals surface area contributed by atoms with Crippen LogP contribution in [0, 0.1) is 11.8 Å². The quantitative estimate of drug-likeness (QED) is 0.721. The highest BCUT2D eigenvalue weighted by Gasteiger charge is 2.48. The standard InChI is InChI=1S/C14H24FN/c1-10-2-4-11(5-3-10)14(15)8-12-6-7-13(9-14)16-12/h10-13,16H,2-9H2,1H3. The number of hydrogen-bond donors (Lipinski definition) is 1. The van der Waals surface area contributed by atoms with Crippen molar-refractivity contribution in [1.82, 2.24) is 5.32 Å². The molecule has 92 valence electrons. The summed E-state index contributed by atoms with van der Waals surface area (Å²) in [7, 11) is 0. The Hall–Kier alpha value is -0.110. The van der Waals surface area contributed by atoms with Crippen LogP contribution in [0.25, 0.3) is 0 Å². The lowest BCUT2D eigenvalue weighted by atomic mass is 9.70. The van der Waals surface area contributed by atoms with Crippen molar-refractivity contribution in [2.45, 2.75) is 76.0 Å². The van der Waals surface area contributed by atoms with Crippen LogP contribution in [-0.2, 0) is 0 Å². The van der Waals surface area contributed by atoms with Gasteiger partial charge in [0.2, 0.25) is 0 Å². The highest BCUT2D eigenvalue weighted by Crippen LogP contribution is 2.47. The lowest BCUT2D eigenvalue weighted by Crippen LogP contribution is -2.50. The van der Waals surface area contributed by atoms with Gasteiger partial charge in [-0.15, -0.1) is 0 Å².